The van der Waals surface area contributed by atoms with Gasteiger partial charge in [-0.2, -0.15) is 0 Å². The maximum absolute atomic E-state index is 12.3. The quantitative estimate of drug-likeness (QED) is 0.785. The number of nitrogens with one attached hydrogen (secondary N) is 1. The Balaban J connectivity index is 2.02. The van der Waals surface area contributed by atoms with Crippen molar-refractivity contribution < 1.29 is 4.79 Å². The van der Waals surface area contributed by atoms with Crippen LogP contribution in [-0.2, 0) is 0 Å². The molecule has 0 radical (unpaired) electrons. The Morgan fingerprint density at radius 3 is 2.55 bits per heavy atom. The van der Waals surface area contributed by atoms with Crippen LogP contribution in [0.1, 0.15) is 10.4 Å². The third kappa shape index (κ3) is 2.37. The van der Waals surface area contributed by atoms with Gasteiger partial charge in [0.1, 0.15) is 0 Å². The van der Waals surface area contributed by atoms with Crippen molar-refractivity contribution in [2.75, 3.05) is 5.32 Å². The number of aromatic nitrogens is 3. The molecule has 0 saturated carbocycles. The highest BCUT2D eigenvalue weighted by Crippen LogP contribution is 2.25. The first kappa shape index (κ1) is 12.7. The highest BCUT2D eigenvalue weighted by molar-refractivity contribution is 9.10. The van der Waals surface area contributed by atoms with Gasteiger partial charge < -0.3 is 0 Å². The monoisotopic (exact) mass is 328 g/mol. The van der Waals surface area contributed by atoms with Crippen LogP contribution in [0.5, 0.6) is 0 Å². The van der Waals surface area contributed by atoms with E-state index in [-0.39, 0.29) is 11.9 Å². The van der Waals surface area contributed by atoms with Crippen molar-refractivity contribution in [3.8, 4) is 0 Å². The molecule has 0 aliphatic heterocycles. The third-order valence-corrected chi connectivity index (χ3v) is 3.44. The van der Waals surface area contributed by atoms with Gasteiger partial charge in [0.2, 0.25) is 5.95 Å². The van der Waals surface area contributed by atoms with Gasteiger partial charge in [-0.15, -0.1) is 0 Å². The first-order valence-corrected chi connectivity index (χ1v) is 6.66. The minimum Gasteiger partial charge on any atom is -0.290 e. The SMILES string of the molecule is O=C(Nc1ncccn1)c1ccc(Br)c2cccnc12. The van der Waals surface area contributed by atoms with E-state index in [1.165, 1.54) is 0 Å². The van der Waals surface area contributed by atoms with Gasteiger partial charge in [-0.3, -0.25) is 15.1 Å². The Morgan fingerprint density at radius 1 is 1.00 bits per heavy atom. The molecular formula is C14H9BrN4O. The molecule has 20 heavy (non-hydrogen) atoms. The Hall–Kier alpha value is -2.34. The Morgan fingerprint density at radius 2 is 1.75 bits per heavy atom. The van der Waals surface area contributed by atoms with Crippen molar-refractivity contribution in [3.63, 3.8) is 0 Å². The van der Waals surface area contributed by atoms with Crippen molar-refractivity contribution in [2.45, 2.75) is 0 Å². The highest BCUT2D eigenvalue weighted by atomic mass is 79.9. The van der Waals surface area contributed by atoms with E-state index >= 15 is 0 Å². The molecular weight excluding hydrogens is 320 g/mol. The number of rotatable bonds is 2. The van der Waals surface area contributed by atoms with Crippen LogP contribution in [0.2, 0.25) is 0 Å². The molecule has 0 aliphatic carbocycles. The van der Waals surface area contributed by atoms with E-state index < -0.39 is 0 Å². The fourth-order valence-corrected chi connectivity index (χ4v) is 2.31. The smallest absolute Gasteiger partial charge is 0.260 e. The molecule has 2 aromatic heterocycles. The van der Waals surface area contributed by atoms with Crippen LogP contribution in [0, 0.1) is 0 Å². The van der Waals surface area contributed by atoms with Gasteiger partial charge >= 0.3 is 0 Å². The number of carbonyl (C=O) groups excluding carboxylic acids is 1. The second kappa shape index (κ2) is 5.34. The lowest BCUT2D eigenvalue weighted by atomic mass is 10.1. The van der Waals surface area contributed by atoms with Crippen LogP contribution < -0.4 is 5.32 Å². The van der Waals surface area contributed by atoms with Crippen LogP contribution in [0.4, 0.5) is 5.95 Å². The zero-order valence-electron chi connectivity index (χ0n) is 10.2. The molecule has 1 amide bonds. The van der Waals surface area contributed by atoms with E-state index in [0.717, 1.165) is 9.86 Å². The molecule has 6 heteroatoms. The number of amides is 1. The fraction of sp³-hybridized carbons (Fsp3) is 0. The molecule has 0 atom stereocenters. The highest BCUT2D eigenvalue weighted by Gasteiger charge is 2.13. The summed E-state index contributed by atoms with van der Waals surface area (Å²) in [5.41, 5.74) is 1.12. The number of pyridine rings is 1. The standard InChI is InChI=1S/C14H9BrN4O/c15-11-5-4-10(12-9(11)3-1-6-16-12)13(20)19-14-17-7-2-8-18-14/h1-8H,(H,17,18,19,20). The summed E-state index contributed by atoms with van der Waals surface area (Å²) in [5.74, 6) is -0.0168. The minimum atomic E-state index is -0.285. The summed E-state index contributed by atoms with van der Waals surface area (Å²) in [7, 11) is 0. The summed E-state index contributed by atoms with van der Waals surface area (Å²) < 4.78 is 0.896. The van der Waals surface area contributed by atoms with E-state index in [1.807, 2.05) is 18.2 Å². The fourth-order valence-electron chi connectivity index (χ4n) is 1.85. The summed E-state index contributed by atoms with van der Waals surface area (Å²) in [6.45, 7) is 0. The summed E-state index contributed by atoms with van der Waals surface area (Å²) >= 11 is 3.45. The summed E-state index contributed by atoms with van der Waals surface area (Å²) in [5, 5.41) is 3.54. The van der Waals surface area contributed by atoms with E-state index in [4.69, 9.17) is 0 Å². The second-order valence-corrected chi connectivity index (χ2v) is 4.88. The zero-order valence-corrected chi connectivity index (χ0v) is 11.8. The maximum Gasteiger partial charge on any atom is 0.260 e. The predicted octanol–water partition coefficient (Wildman–Crippen LogP) is 3.04. The molecule has 0 aliphatic rings. The van der Waals surface area contributed by atoms with Crippen LogP contribution in [0.3, 0.4) is 0 Å². The van der Waals surface area contributed by atoms with E-state index in [2.05, 4.69) is 36.2 Å². The molecule has 3 rings (SSSR count). The van der Waals surface area contributed by atoms with E-state index in [9.17, 15) is 4.79 Å². The molecule has 5 nitrogen and oxygen atoms in total. The minimum absolute atomic E-state index is 0.268. The molecule has 0 fully saturated rings. The first-order valence-electron chi connectivity index (χ1n) is 5.87. The lowest BCUT2D eigenvalue weighted by Crippen LogP contribution is -2.14. The normalized spacial score (nSPS) is 10.4. The van der Waals surface area contributed by atoms with Crippen LogP contribution in [0.15, 0.2) is 53.4 Å². The summed E-state index contributed by atoms with van der Waals surface area (Å²) in [4.78, 5) is 24.5. The predicted molar refractivity (Wildman–Crippen MR) is 79.4 cm³/mol. The van der Waals surface area contributed by atoms with Crippen molar-refractivity contribution in [2.24, 2.45) is 0 Å². The maximum atomic E-state index is 12.3. The largest absolute Gasteiger partial charge is 0.290 e. The Labute approximate surface area is 123 Å². The number of halogens is 1. The van der Waals surface area contributed by atoms with Gasteiger partial charge in [-0.05, 0) is 24.3 Å². The number of hydrogen-bond acceptors (Lipinski definition) is 4. The van der Waals surface area contributed by atoms with E-state index in [0.29, 0.717) is 11.1 Å². The van der Waals surface area contributed by atoms with Crippen LogP contribution >= 0.6 is 15.9 Å². The van der Waals surface area contributed by atoms with Gasteiger partial charge in [0.25, 0.3) is 5.91 Å². The molecule has 98 valence electrons. The van der Waals surface area contributed by atoms with Gasteiger partial charge in [-0.1, -0.05) is 22.0 Å². The number of fused-ring (bicyclic) bond motifs is 1. The molecule has 0 spiro atoms. The van der Waals surface area contributed by atoms with Gasteiger partial charge in [-0.25, -0.2) is 9.97 Å². The van der Waals surface area contributed by atoms with Crippen LogP contribution in [0.25, 0.3) is 10.9 Å². The first-order chi connectivity index (χ1) is 9.75. The average molecular weight is 329 g/mol. The molecule has 2 heterocycles. The molecule has 3 aromatic rings. The molecule has 0 unspecified atom stereocenters. The van der Waals surface area contributed by atoms with Crippen molar-refractivity contribution in [1.29, 1.82) is 0 Å². The Bertz CT molecular complexity index is 776. The number of hydrogen-bond donors (Lipinski definition) is 1. The molecule has 1 aromatic carbocycles. The molecule has 1 N–H and O–H groups in total. The average Bonchev–Trinajstić information content (AvgIpc) is 2.49. The lowest BCUT2D eigenvalue weighted by Gasteiger charge is -2.07. The van der Waals surface area contributed by atoms with Crippen LogP contribution in [-0.4, -0.2) is 20.9 Å². The van der Waals surface area contributed by atoms with Gasteiger partial charge in [0.05, 0.1) is 11.1 Å². The summed E-state index contributed by atoms with van der Waals surface area (Å²) in [6.07, 6.45) is 4.80. The molecule has 0 bridgehead atoms. The summed E-state index contributed by atoms with van der Waals surface area (Å²) in [6, 6.07) is 8.96. The number of benzene rings is 1. The molecule has 0 saturated heterocycles. The lowest BCUT2D eigenvalue weighted by molar-refractivity contribution is 0.102. The Kier molecular flexibility index (Phi) is 3.39. The second-order valence-electron chi connectivity index (χ2n) is 4.02. The van der Waals surface area contributed by atoms with E-state index in [1.54, 1.807) is 30.7 Å². The van der Waals surface area contributed by atoms with Gasteiger partial charge in [0, 0.05) is 28.4 Å². The third-order valence-electron chi connectivity index (χ3n) is 2.75. The van der Waals surface area contributed by atoms with Crippen molar-refractivity contribution in [1.82, 2.24) is 15.0 Å². The number of carbonyl (C=O) groups is 1. The number of anilines is 1. The zero-order chi connectivity index (χ0) is 13.9. The van der Waals surface area contributed by atoms with Crippen molar-refractivity contribution >= 4 is 38.7 Å². The topological polar surface area (TPSA) is 67.8 Å². The van der Waals surface area contributed by atoms with Gasteiger partial charge in [0.15, 0.2) is 0 Å². The number of nitrogens with zero attached hydrogens (tertiary/aromatic N) is 3. The van der Waals surface area contributed by atoms with Crippen molar-refractivity contribution in [3.05, 3.63) is 59.0 Å².